The summed E-state index contributed by atoms with van der Waals surface area (Å²) in [6.45, 7) is 1.96. The molecule has 1 amide bonds. The minimum Gasteiger partial charge on any atom is -0.391 e. The van der Waals surface area contributed by atoms with Gasteiger partial charge in [-0.25, -0.2) is 4.39 Å². The number of aliphatic hydroxyl groups is 1. The molecule has 1 aromatic carbocycles. The lowest BCUT2D eigenvalue weighted by Gasteiger charge is -2.10. The van der Waals surface area contributed by atoms with Crippen molar-refractivity contribution < 1.29 is 14.3 Å². The van der Waals surface area contributed by atoms with Gasteiger partial charge in [-0.3, -0.25) is 4.79 Å². The summed E-state index contributed by atoms with van der Waals surface area (Å²) in [5, 5.41) is 11.8. The van der Waals surface area contributed by atoms with Crippen molar-refractivity contribution in [1.29, 1.82) is 0 Å². The standard InChI is InChI=1S/C11H13ClFNO2/c1-2-8(15)6-14-11(16)9-4-3-7(13)5-10(9)12/h3-5,8,15H,2,6H2,1H3,(H,14,16). The van der Waals surface area contributed by atoms with Crippen LogP contribution in [-0.2, 0) is 0 Å². The van der Waals surface area contributed by atoms with Crippen LogP contribution in [0.3, 0.4) is 0 Å². The smallest absolute Gasteiger partial charge is 0.252 e. The second kappa shape index (κ2) is 5.82. The Morgan fingerprint density at radius 1 is 1.62 bits per heavy atom. The number of hydrogen-bond acceptors (Lipinski definition) is 2. The fourth-order valence-electron chi connectivity index (χ4n) is 1.12. The molecule has 0 saturated heterocycles. The topological polar surface area (TPSA) is 49.3 Å². The number of carbonyl (C=O) groups is 1. The molecule has 0 spiro atoms. The molecule has 0 radical (unpaired) electrons. The molecular weight excluding hydrogens is 233 g/mol. The molecule has 3 nitrogen and oxygen atoms in total. The van der Waals surface area contributed by atoms with Gasteiger partial charge >= 0.3 is 0 Å². The van der Waals surface area contributed by atoms with Crippen LogP contribution in [0.4, 0.5) is 4.39 Å². The third-order valence-electron chi connectivity index (χ3n) is 2.15. The summed E-state index contributed by atoms with van der Waals surface area (Å²) >= 11 is 5.71. The number of aliphatic hydroxyl groups excluding tert-OH is 1. The molecule has 1 rings (SSSR count). The van der Waals surface area contributed by atoms with E-state index in [4.69, 9.17) is 11.6 Å². The first-order valence-electron chi connectivity index (χ1n) is 4.96. The van der Waals surface area contributed by atoms with Crippen molar-refractivity contribution in [3.8, 4) is 0 Å². The van der Waals surface area contributed by atoms with Gasteiger partial charge in [0.1, 0.15) is 5.82 Å². The van der Waals surface area contributed by atoms with Crippen LogP contribution < -0.4 is 5.32 Å². The second-order valence-corrected chi connectivity index (χ2v) is 3.80. The predicted octanol–water partition coefficient (Wildman–Crippen LogP) is 1.98. The molecule has 0 saturated carbocycles. The molecule has 0 aliphatic carbocycles. The fourth-order valence-corrected chi connectivity index (χ4v) is 1.38. The number of nitrogens with one attached hydrogen (secondary N) is 1. The highest BCUT2D eigenvalue weighted by atomic mass is 35.5. The molecule has 0 aliphatic rings. The highest BCUT2D eigenvalue weighted by Crippen LogP contribution is 2.16. The van der Waals surface area contributed by atoms with E-state index in [1.54, 1.807) is 0 Å². The van der Waals surface area contributed by atoms with Crippen LogP contribution in [0, 0.1) is 5.82 Å². The number of benzene rings is 1. The Bertz CT molecular complexity index is 384. The van der Waals surface area contributed by atoms with E-state index < -0.39 is 17.8 Å². The summed E-state index contributed by atoms with van der Waals surface area (Å²) in [6.07, 6.45) is -0.0274. The Hall–Kier alpha value is -1.13. The Morgan fingerprint density at radius 2 is 2.31 bits per heavy atom. The lowest BCUT2D eigenvalue weighted by Crippen LogP contribution is -2.31. The van der Waals surface area contributed by atoms with Crippen molar-refractivity contribution >= 4 is 17.5 Å². The Kier molecular flexibility index (Phi) is 4.71. The van der Waals surface area contributed by atoms with Gasteiger partial charge in [0.25, 0.3) is 5.91 Å². The molecular formula is C11H13ClFNO2. The molecule has 1 aromatic rings. The maximum absolute atomic E-state index is 12.7. The van der Waals surface area contributed by atoms with Gasteiger partial charge in [-0.1, -0.05) is 18.5 Å². The zero-order chi connectivity index (χ0) is 12.1. The molecule has 88 valence electrons. The maximum atomic E-state index is 12.7. The second-order valence-electron chi connectivity index (χ2n) is 3.40. The van der Waals surface area contributed by atoms with Gasteiger partial charge in [-0.05, 0) is 24.6 Å². The third-order valence-corrected chi connectivity index (χ3v) is 2.46. The zero-order valence-corrected chi connectivity index (χ0v) is 9.59. The van der Waals surface area contributed by atoms with Crippen LogP contribution in [0.5, 0.6) is 0 Å². The van der Waals surface area contributed by atoms with Gasteiger partial charge in [0.15, 0.2) is 0 Å². The van der Waals surface area contributed by atoms with Crippen molar-refractivity contribution in [2.24, 2.45) is 0 Å². The summed E-state index contributed by atoms with van der Waals surface area (Å²) in [5.41, 5.74) is 0.200. The summed E-state index contributed by atoms with van der Waals surface area (Å²) in [6, 6.07) is 3.55. The summed E-state index contributed by atoms with van der Waals surface area (Å²) in [4.78, 5) is 11.6. The van der Waals surface area contributed by atoms with Gasteiger partial charge in [-0.15, -0.1) is 0 Å². The summed E-state index contributed by atoms with van der Waals surface area (Å²) in [5.74, 6) is -0.910. The first-order chi connectivity index (χ1) is 7.54. The Morgan fingerprint density at radius 3 is 2.88 bits per heavy atom. The highest BCUT2D eigenvalue weighted by molar-refractivity contribution is 6.33. The quantitative estimate of drug-likeness (QED) is 0.852. The molecule has 0 fully saturated rings. The molecule has 5 heteroatoms. The van der Waals surface area contributed by atoms with Crippen molar-refractivity contribution in [3.63, 3.8) is 0 Å². The van der Waals surface area contributed by atoms with Crippen LogP contribution in [0.15, 0.2) is 18.2 Å². The van der Waals surface area contributed by atoms with Crippen molar-refractivity contribution in [2.45, 2.75) is 19.4 Å². The molecule has 0 bridgehead atoms. The number of carbonyl (C=O) groups excluding carboxylic acids is 1. The first-order valence-corrected chi connectivity index (χ1v) is 5.33. The minimum absolute atomic E-state index is 0.0588. The van der Waals surface area contributed by atoms with E-state index in [1.807, 2.05) is 6.92 Å². The maximum Gasteiger partial charge on any atom is 0.252 e. The van der Waals surface area contributed by atoms with Crippen LogP contribution in [0.1, 0.15) is 23.7 Å². The molecule has 0 aliphatic heterocycles. The molecule has 1 atom stereocenters. The summed E-state index contributed by atoms with van der Waals surface area (Å²) in [7, 11) is 0. The van der Waals surface area contributed by atoms with E-state index in [1.165, 1.54) is 6.07 Å². The van der Waals surface area contributed by atoms with E-state index in [-0.39, 0.29) is 17.1 Å². The minimum atomic E-state index is -0.580. The zero-order valence-electron chi connectivity index (χ0n) is 8.84. The molecule has 0 aromatic heterocycles. The van der Waals surface area contributed by atoms with Crippen molar-refractivity contribution in [2.75, 3.05) is 6.54 Å². The number of rotatable bonds is 4. The SMILES string of the molecule is CCC(O)CNC(=O)c1ccc(F)cc1Cl. The van der Waals surface area contributed by atoms with Crippen LogP contribution in [0.25, 0.3) is 0 Å². The predicted molar refractivity (Wildman–Crippen MR) is 60.0 cm³/mol. The molecule has 1 unspecified atom stereocenters. The number of amides is 1. The largest absolute Gasteiger partial charge is 0.391 e. The normalized spacial score (nSPS) is 12.2. The van der Waals surface area contributed by atoms with Gasteiger partial charge < -0.3 is 10.4 Å². The lowest BCUT2D eigenvalue weighted by atomic mass is 10.2. The van der Waals surface area contributed by atoms with E-state index in [9.17, 15) is 14.3 Å². The van der Waals surface area contributed by atoms with Crippen LogP contribution >= 0.6 is 11.6 Å². The van der Waals surface area contributed by atoms with E-state index in [0.29, 0.717) is 6.42 Å². The van der Waals surface area contributed by atoms with Gasteiger partial charge in [0.2, 0.25) is 0 Å². The average Bonchev–Trinajstić information content (AvgIpc) is 2.25. The molecule has 0 heterocycles. The Balaban J connectivity index is 2.66. The monoisotopic (exact) mass is 245 g/mol. The Labute approximate surface area is 98.2 Å². The average molecular weight is 246 g/mol. The van der Waals surface area contributed by atoms with E-state index in [0.717, 1.165) is 12.1 Å². The molecule has 16 heavy (non-hydrogen) atoms. The summed E-state index contributed by atoms with van der Waals surface area (Å²) < 4.78 is 12.7. The van der Waals surface area contributed by atoms with Gasteiger partial charge in [0, 0.05) is 6.54 Å². The van der Waals surface area contributed by atoms with Crippen molar-refractivity contribution in [3.05, 3.63) is 34.6 Å². The van der Waals surface area contributed by atoms with Crippen LogP contribution in [-0.4, -0.2) is 23.7 Å². The van der Waals surface area contributed by atoms with Gasteiger partial charge in [0.05, 0.1) is 16.7 Å². The number of hydrogen-bond donors (Lipinski definition) is 2. The fraction of sp³-hybridized carbons (Fsp3) is 0.364. The van der Waals surface area contributed by atoms with Crippen molar-refractivity contribution in [1.82, 2.24) is 5.32 Å². The molecule has 2 N–H and O–H groups in total. The van der Waals surface area contributed by atoms with E-state index in [2.05, 4.69) is 5.32 Å². The van der Waals surface area contributed by atoms with E-state index >= 15 is 0 Å². The first kappa shape index (κ1) is 12.9. The third kappa shape index (κ3) is 3.47. The number of halogens is 2. The van der Waals surface area contributed by atoms with Crippen LogP contribution in [0.2, 0.25) is 5.02 Å². The van der Waals surface area contributed by atoms with Gasteiger partial charge in [-0.2, -0.15) is 0 Å². The lowest BCUT2D eigenvalue weighted by molar-refractivity contribution is 0.0914. The highest BCUT2D eigenvalue weighted by Gasteiger charge is 2.11.